The van der Waals surface area contributed by atoms with E-state index in [4.69, 9.17) is 4.42 Å². The van der Waals surface area contributed by atoms with Gasteiger partial charge in [0.15, 0.2) is 0 Å². The fourth-order valence-electron chi connectivity index (χ4n) is 1.60. The average Bonchev–Trinajstić information content (AvgIpc) is 2.60. The minimum absolute atomic E-state index is 0.793. The van der Waals surface area contributed by atoms with Crippen LogP contribution >= 0.6 is 0 Å². The van der Waals surface area contributed by atoms with Crippen LogP contribution in [0, 0.1) is 5.92 Å². The second-order valence-electron chi connectivity index (χ2n) is 3.14. The maximum atomic E-state index is 5.27. The summed E-state index contributed by atoms with van der Waals surface area (Å²) in [5.41, 5.74) is 0. The van der Waals surface area contributed by atoms with Gasteiger partial charge >= 0.3 is 0 Å². The SMILES string of the molecule is c1coc(C[C@H]2CCNC2)c1. The first-order chi connectivity index (χ1) is 5.45. The molecule has 1 aliphatic rings. The van der Waals surface area contributed by atoms with Gasteiger partial charge in [0.1, 0.15) is 5.76 Å². The standard InChI is InChI=1S/C9H13NO/c1-2-9(11-5-1)6-8-3-4-10-7-8/h1-2,5,8,10H,3-4,6-7H2/t8-/m1/s1. The number of hydrogen-bond acceptors (Lipinski definition) is 2. The van der Waals surface area contributed by atoms with Crippen LogP contribution in [0.15, 0.2) is 22.8 Å². The van der Waals surface area contributed by atoms with E-state index in [2.05, 4.69) is 11.4 Å². The van der Waals surface area contributed by atoms with Crippen molar-refractivity contribution in [3.05, 3.63) is 24.2 Å². The van der Waals surface area contributed by atoms with Gasteiger partial charge in [0, 0.05) is 6.42 Å². The van der Waals surface area contributed by atoms with Crippen molar-refractivity contribution >= 4 is 0 Å². The van der Waals surface area contributed by atoms with Gasteiger partial charge in [0.25, 0.3) is 0 Å². The molecule has 0 amide bonds. The lowest BCUT2D eigenvalue weighted by Gasteiger charge is -2.03. The van der Waals surface area contributed by atoms with Crippen molar-refractivity contribution in [3.63, 3.8) is 0 Å². The summed E-state index contributed by atoms with van der Waals surface area (Å²) >= 11 is 0. The maximum Gasteiger partial charge on any atom is 0.104 e. The first kappa shape index (κ1) is 6.92. The third kappa shape index (κ3) is 1.63. The van der Waals surface area contributed by atoms with Crippen LogP contribution in [0.3, 0.4) is 0 Å². The van der Waals surface area contributed by atoms with Crippen molar-refractivity contribution in [2.75, 3.05) is 13.1 Å². The quantitative estimate of drug-likeness (QED) is 0.691. The van der Waals surface area contributed by atoms with Crippen molar-refractivity contribution in [1.29, 1.82) is 0 Å². The van der Waals surface area contributed by atoms with Crippen molar-refractivity contribution in [2.45, 2.75) is 12.8 Å². The molecule has 60 valence electrons. The zero-order valence-electron chi connectivity index (χ0n) is 6.55. The van der Waals surface area contributed by atoms with E-state index in [1.54, 1.807) is 6.26 Å². The van der Waals surface area contributed by atoms with Gasteiger partial charge in [-0.05, 0) is 37.6 Å². The zero-order chi connectivity index (χ0) is 7.52. The van der Waals surface area contributed by atoms with Crippen LogP contribution in [0.4, 0.5) is 0 Å². The van der Waals surface area contributed by atoms with E-state index < -0.39 is 0 Å². The summed E-state index contributed by atoms with van der Waals surface area (Å²) in [5.74, 6) is 1.92. The largest absolute Gasteiger partial charge is 0.469 e. The molecule has 1 saturated heterocycles. The topological polar surface area (TPSA) is 25.2 Å². The molecular formula is C9H13NO. The minimum Gasteiger partial charge on any atom is -0.469 e. The van der Waals surface area contributed by atoms with Crippen LogP contribution in [0.1, 0.15) is 12.2 Å². The van der Waals surface area contributed by atoms with Crippen LogP contribution < -0.4 is 5.32 Å². The summed E-state index contributed by atoms with van der Waals surface area (Å²) in [6, 6.07) is 4.01. The molecule has 1 aliphatic heterocycles. The van der Waals surface area contributed by atoms with Crippen LogP contribution in [-0.2, 0) is 6.42 Å². The fraction of sp³-hybridized carbons (Fsp3) is 0.556. The van der Waals surface area contributed by atoms with E-state index in [-0.39, 0.29) is 0 Å². The second-order valence-corrected chi connectivity index (χ2v) is 3.14. The Hall–Kier alpha value is -0.760. The Morgan fingerprint density at radius 2 is 2.64 bits per heavy atom. The Morgan fingerprint density at radius 3 is 3.27 bits per heavy atom. The summed E-state index contributed by atoms with van der Waals surface area (Å²) in [4.78, 5) is 0. The van der Waals surface area contributed by atoms with Crippen molar-refractivity contribution < 1.29 is 4.42 Å². The van der Waals surface area contributed by atoms with E-state index in [1.165, 1.54) is 13.0 Å². The Bertz CT molecular complexity index is 199. The van der Waals surface area contributed by atoms with Crippen LogP contribution in [0.2, 0.25) is 0 Å². The highest BCUT2D eigenvalue weighted by Crippen LogP contribution is 2.14. The molecule has 2 rings (SSSR count). The molecular weight excluding hydrogens is 138 g/mol. The molecule has 2 nitrogen and oxygen atoms in total. The molecule has 1 atom stereocenters. The zero-order valence-corrected chi connectivity index (χ0v) is 6.55. The summed E-state index contributed by atoms with van der Waals surface area (Å²) in [6.45, 7) is 2.33. The van der Waals surface area contributed by atoms with E-state index in [9.17, 15) is 0 Å². The van der Waals surface area contributed by atoms with Gasteiger partial charge in [-0.2, -0.15) is 0 Å². The molecule has 0 aromatic carbocycles. The Balaban J connectivity index is 1.90. The molecule has 0 saturated carbocycles. The minimum atomic E-state index is 0.793. The van der Waals surface area contributed by atoms with Gasteiger partial charge in [-0.3, -0.25) is 0 Å². The van der Waals surface area contributed by atoms with E-state index in [0.29, 0.717) is 0 Å². The van der Waals surface area contributed by atoms with Crippen molar-refractivity contribution in [2.24, 2.45) is 5.92 Å². The monoisotopic (exact) mass is 151 g/mol. The first-order valence-corrected chi connectivity index (χ1v) is 4.18. The van der Waals surface area contributed by atoms with Crippen LogP contribution in [0.5, 0.6) is 0 Å². The first-order valence-electron chi connectivity index (χ1n) is 4.18. The van der Waals surface area contributed by atoms with Gasteiger partial charge < -0.3 is 9.73 Å². The van der Waals surface area contributed by atoms with Crippen LogP contribution in [0.25, 0.3) is 0 Å². The molecule has 1 fully saturated rings. The Kier molecular flexibility index (Phi) is 1.95. The summed E-state index contributed by atoms with van der Waals surface area (Å²) in [5, 5.41) is 3.34. The molecule has 0 spiro atoms. The van der Waals surface area contributed by atoms with Gasteiger partial charge in [0.2, 0.25) is 0 Å². The predicted octanol–water partition coefficient (Wildman–Crippen LogP) is 1.43. The van der Waals surface area contributed by atoms with Gasteiger partial charge in [0.05, 0.1) is 6.26 Å². The molecule has 0 bridgehead atoms. The highest BCUT2D eigenvalue weighted by atomic mass is 16.3. The van der Waals surface area contributed by atoms with E-state index in [0.717, 1.165) is 24.6 Å². The van der Waals surface area contributed by atoms with Gasteiger partial charge in [-0.25, -0.2) is 0 Å². The lowest BCUT2D eigenvalue weighted by molar-refractivity contribution is 0.456. The van der Waals surface area contributed by atoms with E-state index in [1.807, 2.05) is 6.07 Å². The molecule has 2 heterocycles. The maximum absolute atomic E-state index is 5.27. The number of furan rings is 1. The van der Waals surface area contributed by atoms with Crippen molar-refractivity contribution in [3.8, 4) is 0 Å². The molecule has 11 heavy (non-hydrogen) atoms. The Labute approximate surface area is 66.6 Å². The molecule has 2 heteroatoms. The lowest BCUT2D eigenvalue weighted by Crippen LogP contribution is -2.10. The molecule has 1 N–H and O–H groups in total. The summed E-state index contributed by atoms with van der Waals surface area (Å²) in [6.07, 6.45) is 4.14. The number of hydrogen-bond donors (Lipinski definition) is 1. The summed E-state index contributed by atoms with van der Waals surface area (Å²) in [7, 11) is 0. The van der Waals surface area contributed by atoms with E-state index >= 15 is 0 Å². The van der Waals surface area contributed by atoms with Crippen LogP contribution in [-0.4, -0.2) is 13.1 Å². The summed E-state index contributed by atoms with van der Waals surface area (Å²) < 4.78 is 5.27. The second kappa shape index (κ2) is 3.09. The number of rotatable bonds is 2. The highest BCUT2D eigenvalue weighted by molar-refractivity contribution is 5.00. The average molecular weight is 151 g/mol. The third-order valence-corrected chi connectivity index (χ3v) is 2.23. The third-order valence-electron chi connectivity index (χ3n) is 2.23. The molecule has 1 aromatic rings. The highest BCUT2D eigenvalue weighted by Gasteiger charge is 2.15. The fourth-order valence-corrected chi connectivity index (χ4v) is 1.60. The molecule has 0 radical (unpaired) electrons. The molecule has 0 aliphatic carbocycles. The lowest BCUT2D eigenvalue weighted by atomic mass is 10.0. The predicted molar refractivity (Wildman–Crippen MR) is 43.4 cm³/mol. The normalized spacial score (nSPS) is 24.2. The number of nitrogens with one attached hydrogen (secondary N) is 1. The van der Waals surface area contributed by atoms with Crippen molar-refractivity contribution in [1.82, 2.24) is 5.32 Å². The smallest absolute Gasteiger partial charge is 0.104 e. The van der Waals surface area contributed by atoms with Gasteiger partial charge in [-0.1, -0.05) is 0 Å². The molecule has 0 unspecified atom stereocenters. The van der Waals surface area contributed by atoms with Gasteiger partial charge in [-0.15, -0.1) is 0 Å². The Morgan fingerprint density at radius 1 is 1.64 bits per heavy atom. The molecule has 1 aromatic heterocycles.